The molecule has 0 aliphatic rings. The van der Waals surface area contributed by atoms with Crippen LogP contribution in [0.5, 0.6) is 0 Å². The molecule has 0 bridgehead atoms. The highest BCUT2D eigenvalue weighted by molar-refractivity contribution is 5.89. The molecule has 5 nitrogen and oxygen atoms in total. The minimum atomic E-state index is -0.885. The summed E-state index contributed by atoms with van der Waals surface area (Å²) in [7, 11) is 0. The number of hydrogen-bond acceptors (Lipinski definition) is 3. The third-order valence-electron chi connectivity index (χ3n) is 2.94. The van der Waals surface area contributed by atoms with E-state index in [4.69, 9.17) is 5.11 Å². The molecule has 1 heterocycles. The van der Waals surface area contributed by atoms with Crippen molar-refractivity contribution in [3.8, 4) is 0 Å². The average molecular weight is 259 g/mol. The van der Waals surface area contributed by atoms with E-state index >= 15 is 0 Å². The Labute approximate surface area is 111 Å². The van der Waals surface area contributed by atoms with Crippen molar-refractivity contribution in [1.29, 1.82) is 0 Å². The number of carbonyl (C=O) groups is 1. The van der Waals surface area contributed by atoms with Gasteiger partial charge in [-0.2, -0.15) is 0 Å². The number of nitrogens with one attached hydrogen (secondary N) is 1. The molecule has 1 aromatic carbocycles. The van der Waals surface area contributed by atoms with E-state index in [1.54, 1.807) is 31.6 Å². The molecule has 2 rings (SSSR count). The summed E-state index contributed by atoms with van der Waals surface area (Å²) in [5.74, 6) is -0.885. The third-order valence-corrected chi connectivity index (χ3v) is 2.94. The quantitative estimate of drug-likeness (QED) is 0.782. The van der Waals surface area contributed by atoms with E-state index in [0.717, 1.165) is 30.8 Å². The fourth-order valence-corrected chi connectivity index (χ4v) is 1.93. The van der Waals surface area contributed by atoms with Gasteiger partial charge in [0.25, 0.3) is 0 Å². The summed E-state index contributed by atoms with van der Waals surface area (Å²) in [5.41, 5.74) is 2.07. The second kappa shape index (κ2) is 6.04. The summed E-state index contributed by atoms with van der Waals surface area (Å²) in [6.45, 7) is 3.56. The van der Waals surface area contributed by atoms with Gasteiger partial charge in [-0.25, -0.2) is 9.78 Å². The van der Waals surface area contributed by atoms with E-state index in [1.807, 2.05) is 16.8 Å². The first kappa shape index (κ1) is 13.1. The molecule has 0 amide bonds. The lowest BCUT2D eigenvalue weighted by atomic mass is 10.1. The molecule has 0 saturated heterocycles. The topological polar surface area (TPSA) is 67.2 Å². The lowest BCUT2D eigenvalue weighted by molar-refractivity contribution is 0.0696. The van der Waals surface area contributed by atoms with E-state index in [2.05, 4.69) is 10.3 Å². The molecule has 0 atom stereocenters. The normalized spacial score (nSPS) is 10.4. The third kappa shape index (κ3) is 3.58. The zero-order valence-corrected chi connectivity index (χ0v) is 10.8. The standard InChI is InChI=1S/C14H17N3O2/c1-11-9-12(3-4-13(11)14(18)19)16-5-2-7-17-8-6-15-10-17/h3-4,6,8-10,16H,2,5,7H2,1H3,(H,18,19). The molecular weight excluding hydrogens is 242 g/mol. The first-order valence-electron chi connectivity index (χ1n) is 6.20. The van der Waals surface area contributed by atoms with Crippen molar-refractivity contribution in [2.75, 3.05) is 11.9 Å². The SMILES string of the molecule is Cc1cc(NCCCn2ccnc2)ccc1C(=O)O. The number of carboxylic acids is 1. The molecule has 2 N–H and O–H groups in total. The van der Waals surface area contributed by atoms with Crippen LogP contribution in [-0.4, -0.2) is 27.2 Å². The zero-order chi connectivity index (χ0) is 13.7. The predicted molar refractivity (Wildman–Crippen MR) is 73.5 cm³/mol. The highest BCUT2D eigenvalue weighted by Gasteiger charge is 2.06. The fraction of sp³-hybridized carbons (Fsp3) is 0.286. The van der Waals surface area contributed by atoms with Crippen LogP contribution in [0.25, 0.3) is 0 Å². The minimum Gasteiger partial charge on any atom is -0.478 e. The van der Waals surface area contributed by atoms with Gasteiger partial charge in [0.1, 0.15) is 0 Å². The molecule has 5 heteroatoms. The van der Waals surface area contributed by atoms with Crippen LogP contribution in [0.2, 0.25) is 0 Å². The van der Waals surface area contributed by atoms with Gasteiger partial charge in [-0.15, -0.1) is 0 Å². The van der Waals surface area contributed by atoms with E-state index in [-0.39, 0.29) is 0 Å². The first-order valence-corrected chi connectivity index (χ1v) is 6.20. The summed E-state index contributed by atoms with van der Waals surface area (Å²) in [5, 5.41) is 12.2. The Hall–Kier alpha value is -2.30. The van der Waals surface area contributed by atoms with E-state index in [0.29, 0.717) is 5.56 Å². The molecule has 100 valence electrons. The van der Waals surface area contributed by atoms with E-state index < -0.39 is 5.97 Å². The Bertz CT molecular complexity index is 550. The molecule has 0 saturated carbocycles. The number of anilines is 1. The summed E-state index contributed by atoms with van der Waals surface area (Å²) in [6, 6.07) is 5.30. The van der Waals surface area contributed by atoms with Gasteiger partial charge in [-0.05, 0) is 37.1 Å². The van der Waals surface area contributed by atoms with Crippen molar-refractivity contribution in [2.24, 2.45) is 0 Å². The van der Waals surface area contributed by atoms with E-state index in [1.165, 1.54) is 0 Å². The van der Waals surface area contributed by atoms with Crippen LogP contribution in [0.4, 0.5) is 5.69 Å². The van der Waals surface area contributed by atoms with Gasteiger partial charge < -0.3 is 15.0 Å². The van der Waals surface area contributed by atoms with Crippen LogP contribution in [0, 0.1) is 6.92 Å². The summed E-state index contributed by atoms with van der Waals surface area (Å²) < 4.78 is 2.03. The lowest BCUT2D eigenvalue weighted by Crippen LogP contribution is -2.07. The maximum atomic E-state index is 10.9. The number of carboxylic acid groups (broad SMARTS) is 1. The Morgan fingerprint density at radius 3 is 2.95 bits per heavy atom. The minimum absolute atomic E-state index is 0.351. The lowest BCUT2D eigenvalue weighted by Gasteiger charge is -2.09. The number of rotatable bonds is 6. The molecule has 0 radical (unpaired) electrons. The van der Waals surface area contributed by atoms with Crippen molar-refractivity contribution in [2.45, 2.75) is 19.9 Å². The molecule has 0 aliphatic heterocycles. The van der Waals surface area contributed by atoms with Crippen LogP contribution in [0.15, 0.2) is 36.9 Å². The molecule has 0 aliphatic carbocycles. The van der Waals surface area contributed by atoms with E-state index in [9.17, 15) is 4.79 Å². The van der Waals surface area contributed by atoms with Gasteiger partial charge in [0, 0.05) is 31.2 Å². The van der Waals surface area contributed by atoms with Crippen LogP contribution in [0.1, 0.15) is 22.3 Å². The predicted octanol–water partition coefficient (Wildman–Crippen LogP) is 2.39. The molecule has 19 heavy (non-hydrogen) atoms. The van der Waals surface area contributed by atoms with Crippen molar-refractivity contribution < 1.29 is 9.90 Å². The first-order chi connectivity index (χ1) is 9.16. The molecular formula is C14H17N3O2. The van der Waals surface area contributed by atoms with Crippen molar-refractivity contribution >= 4 is 11.7 Å². The Balaban J connectivity index is 1.83. The largest absolute Gasteiger partial charge is 0.478 e. The smallest absolute Gasteiger partial charge is 0.335 e. The maximum absolute atomic E-state index is 10.9. The number of benzene rings is 1. The Kier molecular flexibility index (Phi) is 4.18. The number of imidazole rings is 1. The average Bonchev–Trinajstić information content (AvgIpc) is 2.87. The molecule has 2 aromatic rings. The van der Waals surface area contributed by atoms with Crippen molar-refractivity contribution in [3.63, 3.8) is 0 Å². The number of aromatic carboxylic acids is 1. The number of nitrogens with zero attached hydrogens (tertiary/aromatic N) is 2. The number of aryl methyl sites for hydroxylation is 2. The monoisotopic (exact) mass is 259 g/mol. The van der Waals surface area contributed by atoms with Crippen LogP contribution in [0.3, 0.4) is 0 Å². The number of aromatic nitrogens is 2. The van der Waals surface area contributed by atoms with Crippen LogP contribution < -0.4 is 5.32 Å². The molecule has 0 unspecified atom stereocenters. The number of hydrogen-bond donors (Lipinski definition) is 2. The van der Waals surface area contributed by atoms with Crippen LogP contribution in [-0.2, 0) is 6.54 Å². The van der Waals surface area contributed by atoms with Gasteiger partial charge in [0.2, 0.25) is 0 Å². The second-order valence-corrected chi connectivity index (χ2v) is 4.42. The van der Waals surface area contributed by atoms with Gasteiger partial charge in [0.05, 0.1) is 11.9 Å². The maximum Gasteiger partial charge on any atom is 0.335 e. The van der Waals surface area contributed by atoms with Crippen LogP contribution >= 0.6 is 0 Å². The Morgan fingerprint density at radius 2 is 2.32 bits per heavy atom. The van der Waals surface area contributed by atoms with Gasteiger partial charge in [-0.1, -0.05) is 0 Å². The highest BCUT2D eigenvalue weighted by Crippen LogP contribution is 2.15. The Morgan fingerprint density at radius 1 is 1.47 bits per heavy atom. The van der Waals surface area contributed by atoms with Gasteiger partial charge in [-0.3, -0.25) is 0 Å². The summed E-state index contributed by atoms with van der Waals surface area (Å²) >= 11 is 0. The summed E-state index contributed by atoms with van der Waals surface area (Å²) in [6.07, 6.45) is 6.48. The fourth-order valence-electron chi connectivity index (χ4n) is 1.93. The molecule has 0 spiro atoms. The van der Waals surface area contributed by atoms with Gasteiger partial charge in [0.15, 0.2) is 0 Å². The molecule has 1 aromatic heterocycles. The zero-order valence-electron chi connectivity index (χ0n) is 10.8. The molecule has 0 fully saturated rings. The highest BCUT2D eigenvalue weighted by atomic mass is 16.4. The summed E-state index contributed by atoms with van der Waals surface area (Å²) in [4.78, 5) is 14.9. The van der Waals surface area contributed by atoms with Crippen molar-refractivity contribution in [3.05, 3.63) is 48.0 Å². The van der Waals surface area contributed by atoms with Gasteiger partial charge >= 0.3 is 5.97 Å². The second-order valence-electron chi connectivity index (χ2n) is 4.42. The van der Waals surface area contributed by atoms with Crippen molar-refractivity contribution in [1.82, 2.24) is 9.55 Å².